The van der Waals surface area contributed by atoms with Crippen molar-refractivity contribution >= 4 is 33.9 Å². The average molecular weight is 411 g/mol. The van der Waals surface area contributed by atoms with Crippen LogP contribution in [0.4, 0.5) is 5.69 Å². The maximum absolute atomic E-state index is 12.5. The first-order valence-corrected chi connectivity index (χ1v) is 10.4. The average Bonchev–Trinajstić information content (AvgIpc) is 3.29. The van der Waals surface area contributed by atoms with Crippen LogP contribution in [0.1, 0.15) is 30.3 Å². The van der Waals surface area contributed by atoms with Gasteiger partial charge < -0.3 is 9.64 Å². The molecule has 3 heterocycles. The number of hydrogen-bond acceptors (Lipinski definition) is 6. The van der Waals surface area contributed by atoms with Gasteiger partial charge in [0.15, 0.2) is 4.96 Å². The Bertz CT molecular complexity index is 1130. The third-order valence-electron chi connectivity index (χ3n) is 5.11. The molecule has 3 aromatic rings. The van der Waals surface area contributed by atoms with E-state index in [1.165, 1.54) is 27.4 Å². The number of aryl methyl sites for hydroxylation is 2. The van der Waals surface area contributed by atoms with Crippen molar-refractivity contribution in [3.63, 3.8) is 0 Å². The topological polar surface area (TPSA) is 81.0 Å². The highest BCUT2D eigenvalue weighted by molar-refractivity contribution is 7.15. The van der Waals surface area contributed by atoms with Crippen LogP contribution < -0.4 is 10.5 Å². The van der Waals surface area contributed by atoms with Gasteiger partial charge in [-0.1, -0.05) is 19.1 Å². The summed E-state index contributed by atoms with van der Waals surface area (Å²) in [6.45, 7) is 4.12. The molecule has 1 fully saturated rings. The molecule has 0 N–H and O–H groups in total. The molecule has 1 amide bonds. The molecule has 0 bridgehead atoms. The molecule has 0 spiro atoms. The molecular formula is C21H21N3O4S. The van der Waals surface area contributed by atoms with Crippen molar-refractivity contribution in [1.82, 2.24) is 9.38 Å². The van der Waals surface area contributed by atoms with Gasteiger partial charge in [-0.3, -0.25) is 18.8 Å². The minimum absolute atomic E-state index is 0.0859. The number of nitrogens with zero attached hydrogens (tertiary/aromatic N) is 3. The predicted molar refractivity (Wildman–Crippen MR) is 110 cm³/mol. The molecule has 2 aromatic heterocycles. The van der Waals surface area contributed by atoms with Crippen LogP contribution in [0.25, 0.3) is 4.96 Å². The lowest BCUT2D eigenvalue weighted by atomic mass is 10.1. The summed E-state index contributed by atoms with van der Waals surface area (Å²) in [5.41, 5.74) is 3.01. The molecule has 150 valence electrons. The van der Waals surface area contributed by atoms with Crippen molar-refractivity contribution in [2.45, 2.75) is 33.3 Å². The van der Waals surface area contributed by atoms with Gasteiger partial charge in [-0.25, -0.2) is 4.98 Å². The summed E-state index contributed by atoms with van der Waals surface area (Å²) in [5, 5.41) is 1.85. The van der Waals surface area contributed by atoms with E-state index in [9.17, 15) is 14.4 Å². The molecule has 0 radical (unpaired) electrons. The van der Waals surface area contributed by atoms with Crippen molar-refractivity contribution in [3.05, 3.63) is 63.0 Å². The molecule has 0 saturated carbocycles. The van der Waals surface area contributed by atoms with Crippen LogP contribution in [0.3, 0.4) is 0 Å². The van der Waals surface area contributed by atoms with E-state index in [2.05, 4.69) is 11.9 Å². The molecule has 8 heteroatoms. The summed E-state index contributed by atoms with van der Waals surface area (Å²) >= 11 is 1.36. The van der Waals surface area contributed by atoms with Crippen LogP contribution in [0.2, 0.25) is 0 Å². The van der Waals surface area contributed by atoms with Crippen LogP contribution in [-0.2, 0) is 27.4 Å². The number of carbonyl (C=O) groups is 2. The van der Waals surface area contributed by atoms with Crippen LogP contribution in [-0.4, -0.2) is 27.8 Å². The summed E-state index contributed by atoms with van der Waals surface area (Å²) in [5.74, 6) is -1.07. The van der Waals surface area contributed by atoms with Gasteiger partial charge in [0, 0.05) is 35.8 Å². The number of hydrogen-bond donors (Lipinski definition) is 0. The molecule has 0 unspecified atom stereocenters. The van der Waals surface area contributed by atoms with Gasteiger partial charge in [0.1, 0.15) is 6.61 Å². The van der Waals surface area contributed by atoms with Crippen molar-refractivity contribution in [2.24, 2.45) is 5.92 Å². The van der Waals surface area contributed by atoms with Crippen LogP contribution >= 0.6 is 11.3 Å². The third-order valence-corrected chi connectivity index (χ3v) is 6.05. The number of amides is 1. The summed E-state index contributed by atoms with van der Waals surface area (Å²) < 4.78 is 6.89. The zero-order valence-electron chi connectivity index (χ0n) is 16.3. The second kappa shape index (κ2) is 7.79. The van der Waals surface area contributed by atoms with E-state index in [4.69, 9.17) is 4.74 Å². The fourth-order valence-electron chi connectivity index (χ4n) is 3.46. The molecule has 1 atom stereocenters. The van der Waals surface area contributed by atoms with E-state index < -0.39 is 11.9 Å². The smallest absolute Gasteiger partial charge is 0.311 e. The van der Waals surface area contributed by atoms with Crippen LogP contribution in [0.5, 0.6) is 0 Å². The van der Waals surface area contributed by atoms with Gasteiger partial charge in [-0.2, -0.15) is 0 Å². The highest BCUT2D eigenvalue weighted by Gasteiger charge is 2.36. The number of aromatic nitrogens is 2. The lowest BCUT2D eigenvalue weighted by Gasteiger charge is -2.17. The number of esters is 1. The Morgan fingerprint density at radius 3 is 2.76 bits per heavy atom. The fraction of sp³-hybridized carbons (Fsp3) is 0.333. The van der Waals surface area contributed by atoms with Gasteiger partial charge in [0.2, 0.25) is 5.91 Å². The van der Waals surface area contributed by atoms with Crippen molar-refractivity contribution in [3.8, 4) is 0 Å². The number of carbonyl (C=O) groups excluding carboxylic acids is 2. The normalized spacial score (nSPS) is 16.6. The summed E-state index contributed by atoms with van der Waals surface area (Å²) in [4.78, 5) is 43.6. The molecule has 29 heavy (non-hydrogen) atoms. The van der Waals surface area contributed by atoms with E-state index in [0.29, 0.717) is 17.2 Å². The van der Waals surface area contributed by atoms with Gasteiger partial charge in [0.25, 0.3) is 5.56 Å². The number of ether oxygens (including phenoxy) is 1. The highest BCUT2D eigenvalue weighted by Crippen LogP contribution is 2.26. The van der Waals surface area contributed by atoms with E-state index in [-0.39, 0.29) is 24.5 Å². The van der Waals surface area contributed by atoms with Crippen molar-refractivity contribution < 1.29 is 14.3 Å². The minimum atomic E-state index is -0.526. The first kappa shape index (κ1) is 19.3. The molecule has 0 aliphatic carbocycles. The molecule has 1 aliphatic heterocycles. The fourth-order valence-corrected chi connectivity index (χ4v) is 4.36. The van der Waals surface area contributed by atoms with Crippen molar-refractivity contribution in [2.75, 3.05) is 11.4 Å². The zero-order chi connectivity index (χ0) is 20.5. The second-order valence-corrected chi connectivity index (χ2v) is 7.95. The number of anilines is 1. The number of fused-ring (bicyclic) bond motifs is 1. The molecular weight excluding hydrogens is 390 g/mol. The van der Waals surface area contributed by atoms with Crippen LogP contribution in [0.15, 0.2) is 40.5 Å². The lowest BCUT2D eigenvalue weighted by molar-refractivity contribution is -0.149. The zero-order valence-corrected chi connectivity index (χ0v) is 17.1. The first-order chi connectivity index (χ1) is 14.0. The Morgan fingerprint density at radius 2 is 2.03 bits per heavy atom. The lowest BCUT2D eigenvalue weighted by Crippen LogP contribution is -2.26. The number of rotatable bonds is 5. The Labute approximate surface area is 171 Å². The largest absolute Gasteiger partial charge is 0.459 e. The highest BCUT2D eigenvalue weighted by atomic mass is 32.1. The van der Waals surface area contributed by atoms with Gasteiger partial charge >= 0.3 is 5.97 Å². The molecule has 7 nitrogen and oxygen atoms in total. The molecule has 1 aliphatic rings. The Kier molecular flexibility index (Phi) is 5.19. The second-order valence-electron chi connectivity index (χ2n) is 7.11. The standard InChI is InChI=1S/C21H21N3O4S/c1-3-14-4-6-17(7-5-14)23-10-15(8-18(23)25)20(27)28-11-16-9-19(26)24-13(2)12-29-21(24)22-16/h4-7,9,12,15H,3,8,10-11H2,1-2H3/t15-/m1/s1. The predicted octanol–water partition coefficient (Wildman–Crippen LogP) is 2.72. The van der Waals surface area contributed by atoms with Gasteiger partial charge in [0.05, 0.1) is 11.6 Å². The van der Waals surface area contributed by atoms with Crippen molar-refractivity contribution in [1.29, 1.82) is 0 Å². The van der Waals surface area contributed by atoms with E-state index in [1.807, 2.05) is 36.6 Å². The summed E-state index contributed by atoms with van der Waals surface area (Å²) in [6, 6.07) is 9.16. The van der Waals surface area contributed by atoms with E-state index >= 15 is 0 Å². The quantitative estimate of drug-likeness (QED) is 0.603. The molecule has 1 aromatic carbocycles. The maximum atomic E-state index is 12.5. The van der Waals surface area contributed by atoms with Crippen LogP contribution in [0, 0.1) is 12.8 Å². The maximum Gasteiger partial charge on any atom is 0.311 e. The molecule has 1 saturated heterocycles. The SMILES string of the molecule is CCc1ccc(N2C[C@H](C(=O)OCc3cc(=O)n4c(C)csc4n3)CC2=O)cc1. The number of benzene rings is 1. The third kappa shape index (κ3) is 3.80. The minimum Gasteiger partial charge on any atom is -0.459 e. The molecule has 4 rings (SSSR count). The number of thiazole rings is 1. The van der Waals surface area contributed by atoms with E-state index in [1.54, 1.807) is 4.90 Å². The summed E-state index contributed by atoms with van der Waals surface area (Å²) in [6.07, 6.45) is 1.05. The Hall–Kier alpha value is -3.00. The Morgan fingerprint density at radius 1 is 1.28 bits per heavy atom. The summed E-state index contributed by atoms with van der Waals surface area (Å²) in [7, 11) is 0. The first-order valence-electron chi connectivity index (χ1n) is 9.49. The monoisotopic (exact) mass is 411 g/mol. The van der Waals surface area contributed by atoms with E-state index in [0.717, 1.165) is 17.8 Å². The van der Waals surface area contributed by atoms with Gasteiger partial charge in [-0.15, -0.1) is 11.3 Å². The van der Waals surface area contributed by atoms with Gasteiger partial charge in [-0.05, 0) is 31.0 Å². The Balaban J connectivity index is 1.41.